The number of hydrogen-bond acceptors (Lipinski definition) is 2. The molecule has 0 bridgehead atoms. The molecule has 2 atom stereocenters. The summed E-state index contributed by atoms with van der Waals surface area (Å²) < 4.78 is 0. The fourth-order valence-electron chi connectivity index (χ4n) is 1.98. The molecular weight excluding hydrogens is 220 g/mol. The first-order valence-corrected chi connectivity index (χ1v) is 6.24. The zero-order valence-electron chi connectivity index (χ0n) is 10.5. The Morgan fingerprint density at radius 3 is 2.56 bits per heavy atom. The van der Waals surface area contributed by atoms with Crippen molar-refractivity contribution in [3.63, 3.8) is 0 Å². The summed E-state index contributed by atoms with van der Waals surface area (Å²) in [4.78, 5) is 3.99. The van der Waals surface area contributed by atoms with E-state index in [1.807, 2.05) is 12.1 Å². The van der Waals surface area contributed by atoms with Gasteiger partial charge < -0.3 is 5.32 Å². The van der Waals surface area contributed by atoms with E-state index in [4.69, 9.17) is 11.6 Å². The van der Waals surface area contributed by atoms with Crippen molar-refractivity contribution < 1.29 is 0 Å². The van der Waals surface area contributed by atoms with Crippen LogP contribution in [0.25, 0.3) is 0 Å². The summed E-state index contributed by atoms with van der Waals surface area (Å²) >= 11 is 5.87. The molecule has 1 aromatic rings. The number of nitrogens with one attached hydrogen (secondary N) is 1. The minimum Gasteiger partial charge on any atom is -0.308 e. The third-order valence-corrected chi connectivity index (χ3v) is 2.82. The Morgan fingerprint density at radius 1 is 1.31 bits per heavy atom. The summed E-state index contributed by atoms with van der Waals surface area (Å²) in [6.07, 6.45) is 2.94. The molecule has 1 heterocycles. The van der Waals surface area contributed by atoms with Gasteiger partial charge in [0.15, 0.2) is 0 Å². The van der Waals surface area contributed by atoms with Crippen LogP contribution < -0.4 is 5.32 Å². The van der Waals surface area contributed by atoms with Crippen molar-refractivity contribution in [2.24, 2.45) is 5.92 Å². The van der Waals surface area contributed by atoms with E-state index in [0.29, 0.717) is 17.2 Å². The van der Waals surface area contributed by atoms with Crippen molar-refractivity contribution in [3.05, 3.63) is 29.0 Å². The fourth-order valence-corrected chi connectivity index (χ4v) is 2.17. The lowest BCUT2D eigenvalue weighted by molar-refractivity contribution is 0.406. The van der Waals surface area contributed by atoms with E-state index in [1.54, 1.807) is 6.20 Å². The lowest BCUT2D eigenvalue weighted by Gasteiger charge is -2.21. The Hall–Kier alpha value is -0.600. The van der Waals surface area contributed by atoms with Crippen LogP contribution in [0.1, 0.15) is 45.7 Å². The Kier molecular flexibility index (Phi) is 5.23. The van der Waals surface area contributed by atoms with Crippen molar-refractivity contribution in [3.8, 4) is 0 Å². The molecule has 0 radical (unpaired) electrons. The first kappa shape index (κ1) is 13.5. The van der Waals surface area contributed by atoms with Gasteiger partial charge in [0.1, 0.15) is 5.15 Å². The monoisotopic (exact) mass is 240 g/mol. The molecule has 1 rings (SSSR count). The van der Waals surface area contributed by atoms with Gasteiger partial charge in [-0.3, -0.25) is 0 Å². The SMILES string of the molecule is CC(C)CC(C)NC(C)c1ccnc(Cl)c1. The highest BCUT2D eigenvalue weighted by Gasteiger charge is 2.10. The molecule has 0 aromatic carbocycles. The molecule has 0 saturated carbocycles. The summed E-state index contributed by atoms with van der Waals surface area (Å²) in [6, 6.07) is 4.75. The van der Waals surface area contributed by atoms with Crippen LogP contribution in [0.2, 0.25) is 5.15 Å². The first-order valence-electron chi connectivity index (χ1n) is 5.86. The molecule has 2 nitrogen and oxygen atoms in total. The minimum atomic E-state index is 0.314. The molecule has 0 amide bonds. The van der Waals surface area contributed by atoms with Crippen LogP contribution in [-0.2, 0) is 0 Å². The molecule has 0 saturated heterocycles. The summed E-state index contributed by atoms with van der Waals surface area (Å²) in [6.45, 7) is 8.86. The molecule has 0 fully saturated rings. The largest absolute Gasteiger partial charge is 0.308 e. The highest BCUT2D eigenvalue weighted by atomic mass is 35.5. The van der Waals surface area contributed by atoms with E-state index in [1.165, 1.54) is 12.0 Å². The van der Waals surface area contributed by atoms with Gasteiger partial charge in [-0.15, -0.1) is 0 Å². The molecule has 2 unspecified atom stereocenters. The minimum absolute atomic E-state index is 0.314. The van der Waals surface area contributed by atoms with E-state index in [2.05, 4.69) is 38.0 Å². The molecule has 0 aliphatic carbocycles. The predicted octanol–water partition coefficient (Wildman–Crippen LogP) is 3.82. The average Bonchev–Trinajstić information content (AvgIpc) is 2.16. The molecule has 1 N–H and O–H groups in total. The van der Waals surface area contributed by atoms with Gasteiger partial charge in [0.05, 0.1) is 0 Å². The summed E-state index contributed by atoms with van der Waals surface area (Å²) in [5, 5.41) is 4.13. The Labute approximate surface area is 103 Å². The van der Waals surface area contributed by atoms with Gasteiger partial charge in [0, 0.05) is 18.3 Å². The van der Waals surface area contributed by atoms with Gasteiger partial charge in [-0.1, -0.05) is 25.4 Å². The predicted molar refractivity (Wildman–Crippen MR) is 69.7 cm³/mol. The highest BCUT2D eigenvalue weighted by Crippen LogP contribution is 2.17. The van der Waals surface area contributed by atoms with Crippen molar-refractivity contribution in [2.75, 3.05) is 0 Å². The van der Waals surface area contributed by atoms with Crippen molar-refractivity contribution in [1.82, 2.24) is 10.3 Å². The zero-order valence-corrected chi connectivity index (χ0v) is 11.3. The van der Waals surface area contributed by atoms with E-state index < -0.39 is 0 Å². The van der Waals surface area contributed by atoms with Crippen LogP contribution in [0.5, 0.6) is 0 Å². The van der Waals surface area contributed by atoms with E-state index >= 15 is 0 Å². The Balaban J connectivity index is 2.55. The number of hydrogen-bond donors (Lipinski definition) is 1. The third kappa shape index (κ3) is 4.50. The van der Waals surface area contributed by atoms with E-state index in [0.717, 1.165) is 5.92 Å². The Morgan fingerprint density at radius 2 is 2.00 bits per heavy atom. The summed E-state index contributed by atoms with van der Waals surface area (Å²) in [5.41, 5.74) is 1.19. The first-order chi connectivity index (χ1) is 7.49. The maximum absolute atomic E-state index is 5.87. The van der Waals surface area contributed by atoms with Gasteiger partial charge >= 0.3 is 0 Å². The topological polar surface area (TPSA) is 24.9 Å². The quantitative estimate of drug-likeness (QED) is 0.792. The lowest BCUT2D eigenvalue weighted by Crippen LogP contribution is -2.30. The summed E-state index contributed by atoms with van der Waals surface area (Å²) in [5.74, 6) is 0.718. The van der Waals surface area contributed by atoms with Crippen LogP contribution in [-0.4, -0.2) is 11.0 Å². The van der Waals surface area contributed by atoms with Gasteiger partial charge in [0.2, 0.25) is 0 Å². The van der Waals surface area contributed by atoms with Gasteiger partial charge in [-0.05, 0) is 43.9 Å². The number of aromatic nitrogens is 1. The maximum atomic E-state index is 5.87. The number of pyridine rings is 1. The molecule has 0 aliphatic heterocycles. The van der Waals surface area contributed by atoms with Crippen LogP contribution in [0.4, 0.5) is 0 Å². The average molecular weight is 241 g/mol. The zero-order chi connectivity index (χ0) is 12.1. The molecule has 3 heteroatoms. The van der Waals surface area contributed by atoms with Crippen molar-refractivity contribution in [2.45, 2.75) is 46.2 Å². The number of nitrogens with zero attached hydrogens (tertiary/aromatic N) is 1. The summed E-state index contributed by atoms with van der Waals surface area (Å²) in [7, 11) is 0. The Bertz CT molecular complexity index is 325. The second-order valence-electron chi connectivity index (χ2n) is 4.83. The molecule has 0 spiro atoms. The third-order valence-electron chi connectivity index (χ3n) is 2.61. The van der Waals surface area contributed by atoms with Gasteiger partial charge in [0.25, 0.3) is 0 Å². The molecule has 0 aliphatic rings. The number of halogens is 1. The van der Waals surface area contributed by atoms with Crippen LogP contribution in [0.15, 0.2) is 18.3 Å². The highest BCUT2D eigenvalue weighted by molar-refractivity contribution is 6.29. The number of rotatable bonds is 5. The molecule has 16 heavy (non-hydrogen) atoms. The molecule has 90 valence electrons. The van der Waals surface area contributed by atoms with Crippen LogP contribution in [0, 0.1) is 5.92 Å². The second kappa shape index (κ2) is 6.21. The molecule has 1 aromatic heterocycles. The standard InChI is InChI=1S/C13H21ClN2/c1-9(2)7-10(3)16-11(4)12-5-6-15-13(14)8-12/h5-6,8-11,16H,7H2,1-4H3. The van der Waals surface area contributed by atoms with Gasteiger partial charge in [-0.2, -0.15) is 0 Å². The normalized spacial score (nSPS) is 15.1. The van der Waals surface area contributed by atoms with E-state index in [9.17, 15) is 0 Å². The van der Waals surface area contributed by atoms with Crippen molar-refractivity contribution in [1.29, 1.82) is 0 Å². The van der Waals surface area contributed by atoms with Crippen LogP contribution in [0.3, 0.4) is 0 Å². The van der Waals surface area contributed by atoms with Crippen LogP contribution >= 0.6 is 11.6 Å². The van der Waals surface area contributed by atoms with E-state index in [-0.39, 0.29) is 0 Å². The molecular formula is C13H21ClN2. The smallest absolute Gasteiger partial charge is 0.129 e. The lowest BCUT2D eigenvalue weighted by atomic mass is 10.0. The maximum Gasteiger partial charge on any atom is 0.129 e. The fraction of sp³-hybridized carbons (Fsp3) is 0.615. The second-order valence-corrected chi connectivity index (χ2v) is 5.22. The van der Waals surface area contributed by atoms with Gasteiger partial charge in [-0.25, -0.2) is 4.98 Å². The van der Waals surface area contributed by atoms with Crippen molar-refractivity contribution >= 4 is 11.6 Å².